The zero-order chi connectivity index (χ0) is 3.58. The molecule has 5 heteroatoms. The molecule has 0 fully saturated rings. The Labute approximate surface area is 41.0 Å². The van der Waals surface area contributed by atoms with Crippen molar-refractivity contribution < 1.29 is 31.1 Å². The Morgan fingerprint density at radius 3 is 1.80 bits per heavy atom. The molecule has 34 valence electrons. The van der Waals surface area contributed by atoms with Crippen molar-refractivity contribution in [2.24, 2.45) is 0 Å². The van der Waals surface area contributed by atoms with E-state index in [9.17, 15) is 0 Å². The van der Waals surface area contributed by atoms with E-state index in [-0.39, 0.29) is 17.1 Å². The van der Waals surface area contributed by atoms with E-state index in [2.05, 4.69) is 0 Å². The molecule has 3 nitrogen and oxygen atoms in total. The molecule has 0 heterocycles. The van der Waals surface area contributed by atoms with Crippen LogP contribution in [0.1, 0.15) is 0 Å². The molecule has 0 rings (SSSR count). The monoisotopic (exact) mass is 140 g/mol. The van der Waals surface area contributed by atoms with E-state index >= 15 is 0 Å². The number of hydrogen-bond acceptors (Lipinski definition) is 2. The summed E-state index contributed by atoms with van der Waals surface area (Å²) in [6.45, 7) is 0. The van der Waals surface area contributed by atoms with Gasteiger partial charge in [0.2, 0.25) is 0 Å². The van der Waals surface area contributed by atoms with E-state index in [1.807, 2.05) is 0 Å². The molecule has 0 saturated heterocycles. The molecule has 0 aromatic heterocycles. The van der Waals surface area contributed by atoms with E-state index in [4.69, 9.17) is 14.1 Å². The van der Waals surface area contributed by atoms with Gasteiger partial charge in [-0.2, -0.15) is 0 Å². The van der Waals surface area contributed by atoms with Crippen molar-refractivity contribution in [1.29, 1.82) is 0 Å². The summed E-state index contributed by atoms with van der Waals surface area (Å²) < 4.78 is 8.63. The normalized spacial score (nSPS) is 4.80. The summed E-state index contributed by atoms with van der Waals surface area (Å²) in [6, 6.07) is 0. The Morgan fingerprint density at radius 1 is 1.80 bits per heavy atom. The van der Waals surface area contributed by atoms with Crippen molar-refractivity contribution in [1.82, 2.24) is 0 Å². The van der Waals surface area contributed by atoms with Crippen molar-refractivity contribution in [2.75, 3.05) is 0 Å². The van der Waals surface area contributed by atoms with Gasteiger partial charge in [0, 0.05) is 0 Å². The smallest absolute Gasteiger partial charge is 0.604 e. The minimum absolute atomic E-state index is 0. The Morgan fingerprint density at radius 2 is 1.80 bits per heavy atom. The van der Waals surface area contributed by atoms with E-state index < -0.39 is 9.17 Å². The predicted molar refractivity (Wildman–Crippen MR) is 8.66 cm³/mol. The zero-order valence-corrected chi connectivity index (χ0v) is 4.01. The molecule has 0 bridgehead atoms. The second kappa shape index (κ2) is 4.14. The van der Waals surface area contributed by atoms with Gasteiger partial charge in [-0.1, -0.05) is 0 Å². The van der Waals surface area contributed by atoms with Gasteiger partial charge in [-0.15, -0.1) is 0 Å². The predicted octanol–water partition coefficient (Wildman–Crippen LogP) is -2.25. The molecular weight excluding hydrogens is 140 g/mol. The standard InChI is InChI=1S/Cu.HO3Si/c;1-4(2)3/h;1H/q+1;-1. The van der Waals surface area contributed by atoms with Crippen LogP contribution in [0.3, 0.4) is 0 Å². The SMILES string of the molecule is O=[Si]([O-])O.[Cu+]. The largest absolute Gasteiger partial charge is 1.00 e. The molecule has 0 aromatic rings. The third kappa shape index (κ3) is 1020. The zero-order valence-electron chi connectivity index (χ0n) is 2.07. The van der Waals surface area contributed by atoms with Gasteiger partial charge in [0.05, 0.1) is 0 Å². The molecule has 0 spiro atoms. The van der Waals surface area contributed by atoms with Crippen LogP contribution in [0.25, 0.3) is 0 Å². The topological polar surface area (TPSA) is 60.4 Å². The first-order valence-corrected chi connectivity index (χ1v) is 1.90. The molecule has 0 aromatic carbocycles. The summed E-state index contributed by atoms with van der Waals surface area (Å²) in [4.78, 5) is 15.7. The van der Waals surface area contributed by atoms with Gasteiger partial charge in [0.25, 0.3) is 0 Å². The van der Waals surface area contributed by atoms with Gasteiger partial charge in [-0.3, -0.25) is 0 Å². The molecule has 1 N–H and O–H groups in total. The van der Waals surface area contributed by atoms with Crippen LogP contribution in [-0.4, -0.2) is 14.0 Å². The van der Waals surface area contributed by atoms with Crippen LogP contribution in [-0.2, 0) is 21.5 Å². The summed E-state index contributed by atoms with van der Waals surface area (Å²) in [5.74, 6) is 0. The Kier molecular flexibility index (Phi) is 7.39. The van der Waals surface area contributed by atoms with Crippen LogP contribution in [0.4, 0.5) is 0 Å². The van der Waals surface area contributed by atoms with E-state index in [1.54, 1.807) is 0 Å². The summed E-state index contributed by atoms with van der Waals surface area (Å²) in [6.07, 6.45) is 0. The third-order valence-corrected chi connectivity index (χ3v) is 0. The van der Waals surface area contributed by atoms with Gasteiger partial charge >= 0.3 is 26.2 Å². The average molecular weight is 141 g/mol. The molecule has 0 unspecified atom stereocenters. The quantitative estimate of drug-likeness (QED) is 0.387. The molecule has 0 atom stereocenters. The van der Waals surface area contributed by atoms with Crippen molar-refractivity contribution >= 4 is 9.17 Å². The Hall–Kier alpha value is 0.136. The van der Waals surface area contributed by atoms with Crippen LogP contribution in [0.5, 0.6) is 0 Å². The maximum atomic E-state index is 8.63. The maximum absolute atomic E-state index is 8.63. The van der Waals surface area contributed by atoms with Gasteiger partial charge < -0.3 is 14.1 Å². The van der Waals surface area contributed by atoms with Crippen LogP contribution in [0.2, 0.25) is 0 Å². The van der Waals surface area contributed by atoms with Crippen LogP contribution in [0.15, 0.2) is 0 Å². The van der Waals surface area contributed by atoms with Gasteiger partial charge in [-0.25, -0.2) is 0 Å². The fourth-order valence-electron chi connectivity index (χ4n) is 0. The summed E-state index contributed by atoms with van der Waals surface area (Å²) in [5.41, 5.74) is 0. The molecule has 5 heavy (non-hydrogen) atoms. The molecule has 0 aliphatic rings. The third-order valence-electron chi connectivity index (χ3n) is 0. The summed E-state index contributed by atoms with van der Waals surface area (Å²) in [7, 11) is -3.38. The number of hydrogen-bond donors (Lipinski definition) is 1. The van der Waals surface area contributed by atoms with Crippen LogP contribution < -0.4 is 4.80 Å². The molecule has 0 aliphatic carbocycles. The summed E-state index contributed by atoms with van der Waals surface area (Å²) >= 11 is 0. The van der Waals surface area contributed by atoms with Crippen LogP contribution >= 0.6 is 0 Å². The second-order valence-electron chi connectivity index (χ2n) is 0.266. The van der Waals surface area contributed by atoms with Crippen LogP contribution in [0, 0.1) is 0 Å². The first-order valence-electron chi connectivity index (χ1n) is 0.632. The van der Waals surface area contributed by atoms with Crippen molar-refractivity contribution in [3.63, 3.8) is 0 Å². The maximum Gasteiger partial charge on any atom is 1.00 e. The molecule has 0 aliphatic heterocycles. The minimum atomic E-state index is -3.38. The van der Waals surface area contributed by atoms with Gasteiger partial charge in [-0.05, 0) is 0 Å². The molecule has 0 saturated carbocycles. The fourth-order valence-corrected chi connectivity index (χ4v) is 0. The fraction of sp³-hybridized carbons (Fsp3) is 0. The second-order valence-corrected chi connectivity index (χ2v) is 0.798. The molecular formula is HCuO3Si. The first-order chi connectivity index (χ1) is 1.73. The first kappa shape index (κ1) is 8.93. The van der Waals surface area contributed by atoms with Crippen molar-refractivity contribution in [3.05, 3.63) is 0 Å². The van der Waals surface area contributed by atoms with Crippen molar-refractivity contribution in [2.45, 2.75) is 0 Å². The molecule has 0 amide bonds. The number of rotatable bonds is 0. The van der Waals surface area contributed by atoms with Crippen molar-refractivity contribution in [3.8, 4) is 0 Å². The average Bonchev–Trinajstić information content (AvgIpc) is 0.811. The van der Waals surface area contributed by atoms with E-state index in [0.717, 1.165) is 0 Å². The van der Waals surface area contributed by atoms with E-state index in [0.29, 0.717) is 0 Å². The Bertz CT molecular complexity index is 29.9. The minimum Gasteiger partial charge on any atom is -0.604 e. The summed E-state index contributed by atoms with van der Waals surface area (Å²) in [5, 5.41) is 0. The Balaban J connectivity index is 0. The molecule has 0 radical (unpaired) electrons. The van der Waals surface area contributed by atoms with Gasteiger partial charge in [0.1, 0.15) is 0 Å². The van der Waals surface area contributed by atoms with Gasteiger partial charge in [0.15, 0.2) is 0 Å². The van der Waals surface area contributed by atoms with E-state index in [1.165, 1.54) is 0 Å².